The zero-order valence-electron chi connectivity index (χ0n) is 24.0. The maximum absolute atomic E-state index is 14.0. The van der Waals surface area contributed by atoms with Crippen LogP contribution in [0.3, 0.4) is 0 Å². The van der Waals surface area contributed by atoms with E-state index in [9.17, 15) is 24.5 Å². The van der Waals surface area contributed by atoms with Crippen LogP contribution >= 0.6 is 0 Å². The number of nitro groups is 1. The summed E-state index contributed by atoms with van der Waals surface area (Å²) in [6, 6.07) is 12.4. The van der Waals surface area contributed by atoms with E-state index in [1.54, 1.807) is 4.90 Å². The minimum atomic E-state index is -0.866. The number of benzene rings is 2. The van der Waals surface area contributed by atoms with Gasteiger partial charge in [0.2, 0.25) is 11.8 Å². The van der Waals surface area contributed by atoms with Crippen molar-refractivity contribution in [2.24, 2.45) is 5.92 Å². The molecule has 1 saturated carbocycles. The first-order valence-corrected chi connectivity index (χ1v) is 14.2. The van der Waals surface area contributed by atoms with Crippen molar-refractivity contribution in [2.75, 3.05) is 19.6 Å². The van der Waals surface area contributed by atoms with Crippen molar-refractivity contribution in [2.45, 2.75) is 64.6 Å². The number of rotatable bonds is 7. The van der Waals surface area contributed by atoms with E-state index in [-0.39, 0.29) is 47.0 Å². The number of hydrogen-bond donors (Lipinski definition) is 1. The second kappa shape index (κ2) is 11.0. The van der Waals surface area contributed by atoms with E-state index in [2.05, 4.69) is 36.9 Å². The third kappa shape index (κ3) is 5.96. The number of para-hydroxylation sites is 1. The van der Waals surface area contributed by atoms with Crippen molar-refractivity contribution in [3.8, 4) is 0 Å². The van der Waals surface area contributed by atoms with Gasteiger partial charge in [0.05, 0.1) is 4.92 Å². The highest BCUT2D eigenvalue weighted by molar-refractivity contribution is 5.98. The first kappa shape index (κ1) is 28.3. The van der Waals surface area contributed by atoms with Crippen LogP contribution in [-0.2, 0) is 21.5 Å². The highest BCUT2D eigenvalue weighted by Crippen LogP contribution is 2.32. The third-order valence-corrected chi connectivity index (χ3v) is 8.03. The molecule has 0 bridgehead atoms. The molecule has 2 atom stereocenters. The first-order chi connectivity index (χ1) is 19.4. The Kier molecular flexibility index (Phi) is 7.59. The quantitative estimate of drug-likeness (QED) is 0.345. The number of nitrogens with zero attached hydrogens (tertiary/aromatic N) is 4. The van der Waals surface area contributed by atoms with Crippen LogP contribution in [0, 0.1) is 16.0 Å². The van der Waals surface area contributed by atoms with Crippen LogP contribution in [0.1, 0.15) is 56.5 Å². The van der Waals surface area contributed by atoms with Gasteiger partial charge in [-0.05, 0) is 64.3 Å². The van der Waals surface area contributed by atoms with Gasteiger partial charge in [-0.2, -0.15) is 0 Å². The molecular weight excluding hydrogens is 522 g/mol. The van der Waals surface area contributed by atoms with E-state index in [0.717, 1.165) is 29.3 Å². The molecule has 2 aliphatic rings. The van der Waals surface area contributed by atoms with Gasteiger partial charge < -0.3 is 19.7 Å². The largest absolute Gasteiger partial charge is 0.342 e. The molecule has 1 aliphatic heterocycles. The predicted molar refractivity (Wildman–Crippen MR) is 155 cm³/mol. The minimum Gasteiger partial charge on any atom is -0.342 e. The van der Waals surface area contributed by atoms with Crippen LogP contribution in [0.4, 0.5) is 5.69 Å². The van der Waals surface area contributed by atoms with Gasteiger partial charge in [-0.25, -0.2) is 0 Å². The molecule has 0 radical (unpaired) electrons. The minimum absolute atomic E-state index is 0.114. The molecule has 216 valence electrons. The molecule has 2 heterocycles. The third-order valence-electron chi connectivity index (χ3n) is 8.03. The number of piperazine rings is 1. The Balaban J connectivity index is 1.42. The summed E-state index contributed by atoms with van der Waals surface area (Å²) in [6.07, 6.45) is 4.20. The highest BCUT2D eigenvalue weighted by Gasteiger charge is 2.39. The summed E-state index contributed by atoms with van der Waals surface area (Å²) in [5.74, 6) is -0.400. The Bertz CT molecular complexity index is 1480. The van der Waals surface area contributed by atoms with Crippen molar-refractivity contribution in [1.82, 2.24) is 19.7 Å². The molecule has 1 aromatic heterocycles. The number of nitro benzene ring substituents is 1. The number of aromatic nitrogens is 1. The van der Waals surface area contributed by atoms with Crippen LogP contribution < -0.4 is 5.32 Å². The van der Waals surface area contributed by atoms with Gasteiger partial charge in [-0.15, -0.1) is 0 Å². The smallest absolute Gasteiger partial charge is 0.269 e. The van der Waals surface area contributed by atoms with Crippen molar-refractivity contribution in [1.29, 1.82) is 0 Å². The summed E-state index contributed by atoms with van der Waals surface area (Å²) < 4.78 is 2.18. The summed E-state index contributed by atoms with van der Waals surface area (Å²) >= 11 is 0. The number of non-ortho nitro benzene ring substituents is 1. The van der Waals surface area contributed by atoms with Crippen LogP contribution in [0.15, 0.2) is 54.7 Å². The first-order valence-electron chi connectivity index (χ1n) is 14.2. The van der Waals surface area contributed by atoms with Gasteiger partial charge in [0.25, 0.3) is 11.6 Å². The predicted octanol–water partition coefficient (Wildman–Crippen LogP) is 4.11. The second-order valence-corrected chi connectivity index (χ2v) is 12.2. The summed E-state index contributed by atoms with van der Waals surface area (Å²) in [5.41, 5.74) is 1.91. The van der Waals surface area contributed by atoms with Gasteiger partial charge in [-0.1, -0.05) is 18.2 Å². The van der Waals surface area contributed by atoms with Crippen LogP contribution in [-0.4, -0.2) is 68.7 Å². The lowest BCUT2D eigenvalue weighted by molar-refractivity contribution is -0.384. The standard InChI is InChI=1S/C31H37N5O5/c1-20-18-33(15-16-34(20)29(38)22-9-10-22)30(39)26(32-28(37)21-11-13-24(14-12-21)36(40)41)17-23-19-35(31(2,3)4)27-8-6-5-7-25(23)27/h5-8,11-14,19-20,22,26H,9-10,15-18H2,1-4H3,(H,32,37). The SMILES string of the molecule is CC1CN(C(=O)C(Cc2cn(C(C)(C)C)c3ccccc23)NC(=O)c2ccc([N+](=O)[O-])cc2)CCN1C(=O)C1CC1. The van der Waals surface area contributed by atoms with Gasteiger partial charge in [-0.3, -0.25) is 24.5 Å². The summed E-state index contributed by atoms with van der Waals surface area (Å²) in [4.78, 5) is 54.2. The number of amides is 3. The van der Waals surface area contributed by atoms with Gasteiger partial charge in [0.15, 0.2) is 0 Å². The molecule has 0 spiro atoms. The maximum atomic E-state index is 14.0. The van der Waals surface area contributed by atoms with Crippen molar-refractivity contribution < 1.29 is 19.3 Å². The Labute approximate surface area is 239 Å². The monoisotopic (exact) mass is 559 g/mol. The Morgan fingerprint density at radius 2 is 1.73 bits per heavy atom. The van der Waals surface area contributed by atoms with Crippen LogP contribution in [0.25, 0.3) is 10.9 Å². The summed E-state index contributed by atoms with van der Waals surface area (Å²) in [6.45, 7) is 9.57. The zero-order chi connectivity index (χ0) is 29.5. The van der Waals surface area contributed by atoms with Gasteiger partial charge >= 0.3 is 0 Å². The van der Waals surface area contributed by atoms with E-state index in [1.165, 1.54) is 24.3 Å². The number of carbonyl (C=O) groups excluding carboxylic acids is 3. The number of fused-ring (bicyclic) bond motifs is 1. The highest BCUT2D eigenvalue weighted by atomic mass is 16.6. The fraction of sp³-hybridized carbons (Fsp3) is 0.452. The molecule has 1 saturated heterocycles. The molecule has 10 heteroatoms. The molecule has 2 unspecified atom stereocenters. The molecule has 2 aromatic carbocycles. The number of nitrogens with one attached hydrogen (secondary N) is 1. The fourth-order valence-electron chi connectivity index (χ4n) is 5.63. The lowest BCUT2D eigenvalue weighted by Crippen LogP contribution is -2.59. The van der Waals surface area contributed by atoms with Crippen molar-refractivity contribution >= 4 is 34.3 Å². The van der Waals surface area contributed by atoms with Gasteiger partial charge in [0, 0.05) is 78.3 Å². The molecule has 3 amide bonds. The number of carbonyl (C=O) groups is 3. The summed E-state index contributed by atoms with van der Waals surface area (Å²) in [7, 11) is 0. The molecular formula is C31H37N5O5. The molecule has 10 nitrogen and oxygen atoms in total. The molecule has 1 N–H and O–H groups in total. The Hall–Kier alpha value is -4.21. The van der Waals surface area contributed by atoms with E-state index in [1.807, 2.05) is 36.1 Å². The van der Waals surface area contributed by atoms with Crippen LogP contribution in [0.5, 0.6) is 0 Å². The molecule has 5 rings (SSSR count). The normalized spacial score (nSPS) is 18.3. The lowest BCUT2D eigenvalue weighted by Gasteiger charge is -2.41. The van der Waals surface area contributed by atoms with Crippen LogP contribution in [0.2, 0.25) is 0 Å². The zero-order valence-corrected chi connectivity index (χ0v) is 24.0. The van der Waals surface area contributed by atoms with E-state index in [4.69, 9.17) is 0 Å². The van der Waals surface area contributed by atoms with Gasteiger partial charge in [0.1, 0.15) is 6.04 Å². The topological polar surface area (TPSA) is 118 Å². The van der Waals surface area contributed by atoms with E-state index < -0.39 is 16.9 Å². The Morgan fingerprint density at radius 1 is 1.05 bits per heavy atom. The van der Waals surface area contributed by atoms with Crippen molar-refractivity contribution in [3.63, 3.8) is 0 Å². The maximum Gasteiger partial charge on any atom is 0.269 e. The fourth-order valence-corrected chi connectivity index (χ4v) is 5.63. The van der Waals surface area contributed by atoms with E-state index >= 15 is 0 Å². The average Bonchev–Trinajstić information content (AvgIpc) is 3.73. The Morgan fingerprint density at radius 3 is 2.34 bits per heavy atom. The number of hydrogen-bond acceptors (Lipinski definition) is 5. The van der Waals surface area contributed by atoms with Crippen molar-refractivity contribution in [3.05, 3.63) is 76.0 Å². The molecule has 2 fully saturated rings. The molecule has 41 heavy (non-hydrogen) atoms. The molecule has 1 aliphatic carbocycles. The molecule has 3 aromatic rings. The second-order valence-electron chi connectivity index (χ2n) is 12.2. The lowest BCUT2D eigenvalue weighted by atomic mass is 10.0. The summed E-state index contributed by atoms with van der Waals surface area (Å²) in [5, 5.41) is 15.0. The average molecular weight is 560 g/mol. The van der Waals surface area contributed by atoms with E-state index in [0.29, 0.717) is 19.6 Å².